The van der Waals surface area contributed by atoms with E-state index in [0.29, 0.717) is 22.4 Å². The Kier molecular flexibility index (Phi) is 4.29. The predicted octanol–water partition coefficient (Wildman–Crippen LogP) is 4.05. The first-order valence-electron chi connectivity index (χ1n) is 9.78. The number of fused-ring (bicyclic) bond motifs is 2. The van der Waals surface area contributed by atoms with Crippen LogP contribution in [0.1, 0.15) is 37.1 Å². The smallest absolute Gasteiger partial charge is 0.240 e. The van der Waals surface area contributed by atoms with Gasteiger partial charge in [-0.3, -0.25) is 4.79 Å². The predicted molar refractivity (Wildman–Crippen MR) is 115 cm³/mol. The molecule has 7 nitrogen and oxygen atoms in total. The van der Waals surface area contributed by atoms with Crippen LogP contribution in [-0.2, 0) is 16.6 Å². The van der Waals surface area contributed by atoms with Crippen LogP contribution in [0.25, 0.3) is 17.2 Å². The third-order valence-corrected chi connectivity index (χ3v) is 5.85. The summed E-state index contributed by atoms with van der Waals surface area (Å²) < 4.78 is 1.93. The van der Waals surface area contributed by atoms with Gasteiger partial charge in [0, 0.05) is 35.4 Å². The summed E-state index contributed by atoms with van der Waals surface area (Å²) in [7, 11) is 0. The highest BCUT2D eigenvalue weighted by atomic mass is 35.5. The Labute approximate surface area is 178 Å². The van der Waals surface area contributed by atoms with Crippen LogP contribution in [0.4, 0.5) is 5.82 Å². The van der Waals surface area contributed by atoms with Gasteiger partial charge in [0.15, 0.2) is 11.5 Å². The van der Waals surface area contributed by atoms with Crippen LogP contribution in [0.2, 0.25) is 5.02 Å². The molecule has 1 atom stereocenters. The van der Waals surface area contributed by atoms with Crippen molar-refractivity contribution in [3.8, 4) is 11.5 Å². The monoisotopic (exact) mass is 418 g/mol. The fraction of sp³-hybridized carbons (Fsp3) is 0.227. The van der Waals surface area contributed by atoms with Crippen LogP contribution in [-0.4, -0.2) is 30.2 Å². The van der Waals surface area contributed by atoms with Crippen molar-refractivity contribution in [1.82, 2.24) is 24.3 Å². The lowest BCUT2D eigenvalue weighted by Gasteiger charge is -2.22. The first kappa shape index (κ1) is 18.7. The number of nitrogens with zero attached hydrogens (tertiary/aromatic N) is 5. The third kappa shape index (κ3) is 2.77. The van der Waals surface area contributed by atoms with Crippen LogP contribution in [0.5, 0.6) is 0 Å². The average molecular weight is 419 g/mol. The van der Waals surface area contributed by atoms with E-state index >= 15 is 0 Å². The summed E-state index contributed by atoms with van der Waals surface area (Å²) in [5.74, 6) is 0.824. The molecule has 30 heavy (non-hydrogen) atoms. The quantitative estimate of drug-likeness (QED) is 0.540. The molecule has 3 aromatic heterocycles. The van der Waals surface area contributed by atoms with Crippen LogP contribution in [0, 0.1) is 0 Å². The van der Waals surface area contributed by atoms with Crippen molar-refractivity contribution in [1.29, 1.82) is 0 Å². The number of imidazole rings is 1. The van der Waals surface area contributed by atoms with E-state index in [1.54, 1.807) is 24.5 Å². The normalized spacial score (nSPS) is 17.9. The maximum Gasteiger partial charge on any atom is 0.240 e. The molecule has 1 unspecified atom stereocenters. The molecule has 150 valence electrons. The highest BCUT2D eigenvalue weighted by molar-refractivity contribution is 6.30. The van der Waals surface area contributed by atoms with Crippen molar-refractivity contribution in [2.24, 2.45) is 0 Å². The maximum absolute atomic E-state index is 12.9. The number of benzene rings is 1. The fourth-order valence-electron chi connectivity index (χ4n) is 3.90. The van der Waals surface area contributed by atoms with E-state index in [4.69, 9.17) is 16.6 Å². The largest absolute Gasteiger partial charge is 0.309 e. The lowest BCUT2D eigenvalue weighted by atomic mass is 9.78. The molecule has 1 N–H and O–H groups in total. The molecule has 0 bridgehead atoms. The summed E-state index contributed by atoms with van der Waals surface area (Å²) in [5, 5.41) is 3.53. The number of amides is 1. The molecule has 0 saturated heterocycles. The Bertz CT molecular complexity index is 1280. The van der Waals surface area contributed by atoms with Crippen LogP contribution >= 0.6 is 11.6 Å². The van der Waals surface area contributed by atoms with Crippen molar-refractivity contribution in [2.45, 2.75) is 32.1 Å². The molecule has 1 aliphatic heterocycles. The van der Waals surface area contributed by atoms with Gasteiger partial charge in [-0.05, 0) is 31.0 Å². The number of hydrogen-bond acceptors (Lipinski definition) is 5. The first-order valence-corrected chi connectivity index (χ1v) is 10.2. The molecule has 1 aliphatic rings. The third-order valence-electron chi connectivity index (χ3n) is 5.59. The van der Waals surface area contributed by atoms with Gasteiger partial charge in [-0.2, -0.15) is 0 Å². The number of anilines is 1. The summed E-state index contributed by atoms with van der Waals surface area (Å²) in [5.41, 5.74) is 3.07. The fourth-order valence-corrected chi connectivity index (χ4v) is 4.03. The standard InChI is InChI=1S/C22H19ClN6O/c1-3-4-16-20-24-9-10-29(20)12-17(26-16)19-25-11-15-18(27-19)28-21(30)22(15,2)13-5-7-14(23)8-6-13/h5-12H,3-4H2,1-2H3,(H,25,27,28,30). The molecule has 8 heteroatoms. The van der Waals surface area contributed by atoms with Gasteiger partial charge in [0.05, 0.1) is 5.69 Å². The molecule has 1 amide bonds. The second kappa shape index (κ2) is 6.88. The molecule has 0 fully saturated rings. The number of rotatable bonds is 4. The zero-order valence-corrected chi connectivity index (χ0v) is 17.3. The minimum absolute atomic E-state index is 0.143. The number of carbonyl (C=O) groups is 1. The van der Waals surface area contributed by atoms with Crippen molar-refractivity contribution >= 4 is 29.0 Å². The summed E-state index contributed by atoms with van der Waals surface area (Å²) in [4.78, 5) is 31.3. The summed E-state index contributed by atoms with van der Waals surface area (Å²) in [6.45, 7) is 3.97. The van der Waals surface area contributed by atoms with Crippen molar-refractivity contribution < 1.29 is 4.79 Å². The van der Waals surface area contributed by atoms with Gasteiger partial charge in [0.25, 0.3) is 0 Å². The van der Waals surface area contributed by atoms with Gasteiger partial charge in [0.1, 0.15) is 16.9 Å². The highest BCUT2D eigenvalue weighted by Gasteiger charge is 2.45. The Hall–Kier alpha value is -3.32. The topological polar surface area (TPSA) is 85.1 Å². The molecule has 0 radical (unpaired) electrons. The molecule has 0 saturated carbocycles. The van der Waals surface area contributed by atoms with Crippen molar-refractivity contribution in [3.05, 3.63) is 70.9 Å². The van der Waals surface area contributed by atoms with Crippen LogP contribution in [0.3, 0.4) is 0 Å². The molecular weight excluding hydrogens is 400 g/mol. The molecule has 5 rings (SSSR count). The molecule has 0 aliphatic carbocycles. The minimum Gasteiger partial charge on any atom is -0.309 e. The Balaban J connectivity index is 1.61. The maximum atomic E-state index is 12.9. The van der Waals surface area contributed by atoms with E-state index in [2.05, 4.69) is 27.2 Å². The summed E-state index contributed by atoms with van der Waals surface area (Å²) in [6, 6.07) is 7.28. The number of aryl methyl sites for hydroxylation is 1. The van der Waals surface area contributed by atoms with Crippen LogP contribution < -0.4 is 5.32 Å². The molecule has 4 aromatic rings. The van der Waals surface area contributed by atoms with E-state index < -0.39 is 5.41 Å². The van der Waals surface area contributed by atoms with Gasteiger partial charge in [-0.25, -0.2) is 19.9 Å². The number of nitrogens with one attached hydrogen (secondary N) is 1. The van der Waals surface area contributed by atoms with E-state index in [-0.39, 0.29) is 5.91 Å². The SMILES string of the molecule is CCCc1nc(-c2ncc3c(n2)NC(=O)C3(C)c2ccc(Cl)cc2)cn2ccnc12. The number of halogens is 1. The Morgan fingerprint density at radius 1 is 1.17 bits per heavy atom. The highest BCUT2D eigenvalue weighted by Crippen LogP contribution is 2.42. The van der Waals surface area contributed by atoms with E-state index in [1.165, 1.54) is 0 Å². The van der Waals surface area contributed by atoms with Gasteiger partial charge in [-0.1, -0.05) is 37.1 Å². The van der Waals surface area contributed by atoms with Crippen molar-refractivity contribution in [3.63, 3.8) is 0 Å². The number of aromatic nitrogens is 5. The van der Waals surface area contributed by atoms with Gasteiger partial charge < -0.3 is 9.72 Å². The second-order valence-electron chi connectivity index (χ2n) is 7.52. The average Bonchev–Trinajstić information content (AvgIpc) is 3.32. The Morgan fingerprint density at radius 2 is 1.97 bits per heavy atom. The summed E-state index contributed by atoms with van der Waals surface area (Å²) >= 11 is 6.02. The zero-order valence-electron chi connectivity index (χ0n) is 16.6. The van der Waals surface area contributed by atoms with Crippen LogP contribution in [0.15, 0.2) is 49.1 Å². The van der Waals surface area contributed by atoms with E-state index in [0.717, 1.165) is 35.3 Å². The zero-order chi connectivity index (χ0) is 20.9. The second-order valence-corrected chi connectivity index (χ2v) is 7.96. The van der Waals surface area contributed by atoms with E-state index in [1.807, 2.05) is 35.9 Å². The molecule has 0 spiro atoms. The lowest BCUT2D eigenvalue weighted by Crippen LogP contribution is -2.32. The van der Waals surface area contributed by atoms with E-state index in [9.17, 15) is 4.79 Å². The minimum atomic E-state index is -0.881. The molecular formula is C22H19ClN6O. The Morgan fingerprint density at radius 3 is 2.73 bits per heavy atom. The van der Waals surface area contributed by atoms with Crippen molar-refractivity contribution in [2.75, 3.05) is 5.32 Å². The lowest BCUT2D eigenvalue weighted by molar-refractivity contribution is -0.119. The first-order chi connectivity index (χ1) is 14.5. The summed E-state index contributed by atoms with van der Waals surface area (Å²) in [6.07, 6.45) is 8.97. The number of hydrogen-bond donors (Lipinski definition) is 1. The van der Waals surface area contributed by atoms with Gasteiger partial charge in [0.2, 0.25) is 5.91 Å². The number of carbonyl (C=O) groups excluding carboxylic acids is 1. The molecule has 4 heterocycles. The molecule has 1 aromatic carbocycles. The van der Waals surface area contributed by atoms with Gasteiger partial charge in [-0.15, -0.1) is 0 Å². The van der Waals surface area contributed by atoms with Gasteiger partial charge >= 0.3 is 0 Å².